The maximum Gasteiger partial charge on any atom is 0.253 e. The van der Waals surface area contributed by atoms with Gasteiger partial charge in [-0.2, -0.15) is 9.29 Å². The highest BCUT2D eigenvalue weighted by Gasteiger charge is 2.31. The third-order valence-electron chi connectivity index (χ3n) is 5.16. The van der Waals surface area contributed by atoms with Crippen LogP contribution in [0.4, 0.5) is 0 Å². The molecule has 32 heavy (non-hydrogen) atoms. The molecule has 0 N–H and O–H groups in total. The molecule has 0 saturated carbocycles. The minimum Gasteiger partial charge on any atom is -0.486 e. The molecule has 1 aromatic carbocycles. The first-order chi connectivity index (χ1) is 15.5. The largest absolute Gasteiger partial charge is 0.486 e. The fraction of sp³-hybridized carbons (Fsp3) is 0.368. The zero-order chi connectivity index (χ0) is 22.1. The van der Waals surface area contributed by atoms with Gasteiger partial charge < -0.3 is 14.4 Å². The number of aromatic nitrogens is 4. The zero-order valence-electron chi connectivity index (χ0n) is 17.0. The Hall–Kier alpha value is -2.90. The second-order valence-electron chi connectivity index (χ2n) is 7.14. The molecular weight excluding hydrogens is 456 g/mol. The van der Waals surface area contributed by atoms with Crippen molar-refractivity contribution in [1.82, 2.24) is 28.8 Å². The van der Waals surface area contributed by atoms with Gasteiger partial charge in [-0.1, -0.05) is 11.8 Å². The Bertz CT molecular complexity index is 1220. The molecule has 1 fully saturated rings. The third-order valence-corrected chi connectivity index (χ3v) is 7.88. The van der Waals surface area contributed by atoms with Crippen LogP contribution in [-0.4, -0.2) is 88.3 Å². The van der Waals surface area contributed by atoms with Crippen LogP contribution < -0.4 is 9.47 Å². The van der Waals surface area contributed by atoms with Crippen molar-refractivity contribution in [2.45, 2.75) is 10.1 Å². The lowest BCUT2D eigenvalue weighted by Gasteiger charge is -2.34. The zero-order valence-corrected chi connectivity index (χ0v) is 18.6. The van der Waals surface area contributed by atoms with Crippen molar-refractivity contribution in [3.8, 4) is 11.5 Å². The number of ether oxygens (including phenoxy) is 2. The molecule has 3 aromatic rings. The molecule has 13 heteroatoms. The molecule has 1 saturated heterocycles. The summed E-state index contributed by atoms with van der Waals surface area (Å²) in [6.07, 6.45) is 3.37. The van der Waals surface area contributed by atoms with E-state index in [4.69, 9.17) is 9.47 Å². The molecule has 0 spiro atoms. The third kappa shape index (κ3) is 4.10. The minimum atomic E-state index is -3.69. The summed E-state index contributed by atoms with van der Waals surface area (Å²) < 4.78 is 40.0. The Morgan fingerprint density at radius 2 is 1.88 bits per heavy atom. The summed E-state index contributed by atoms with van der Waals surface area (Å²) in [6, 6.07) is 6.38. The van der Waals surface area contributed by atoms with Crippen molar-refractivity contribution >= 4 is 33.5 Å². The van der Waals surface area contributed by atoms with Gasteiger partial charge in [-0.15, -0.1) is 5.10 Å². The van der Waals surface area contributed by atoms with Crippen LogP contribution in [0, 0.1) is 0 Å². The Kier molecular flexibility index (Phi) is 5.61. The molecule has 0 atom stereocenters. The van der Waals surface area contributed by atoms with Crippen molar-refractivity contribution < 1.29 is 22.7 Å². The van der Waals surface area contributed by atoms with E-state index in [-0.39, 0.29) is 29.6 Å². The number of amides is 1. The molecule has 0 aliphatic carbocycles. The van der Waals surface area contributed by atoms with Gasteiger partial charge >= 0.3 is 0 Å². The van der Waals surface area contributed by atoms with E-state index in [0.29, 0.717) is 48.7 Å². The Morgan fingerprint density at radius 3 is 2.66 bits per heavy atom. The topological polar surface area (TPSA) is 119 Å². The van der Waals surface area contributed by atoms with Gasteiger partial charge in [-0.3, -0.25) is 4.79 Å². The number of piperazine rings is 1. The standard InChI is InChI=1S/C19H20N6O5S2/c26-17(13-31-19-21-18-20-4-1-5-25(18)22-19)23-6-8-24(9-7-23)32(27,28)14-2-3-15-16(12-14)30-11-10-29-15/h1-5,12H,6-11,13H2. The predicted octanol–water partition coefficient (Wildman–Crippen LogP) is 0.521. The van der Waals surface area contributed by atoms with E-state index in [9.17, 15) is 13.2 Å². The smallest absolute Gasteiger partial charge is 0.253 e. The predicted molar refractivity (Wildman–Crippen MR) is 114 cm³/mol. The SMILES string of the molecule is O=C(CSc1nc2ncccn2n1)N1CCN(S(=O)(=O)c2ccc3c(c2)OCCO3)CC1. The van der Waals surface area contributed by atoms with E-state index >= 15 is 0 Å². The number of benzene rings is 1. The number of hydrogen-bond donors (Lipinski definition) is 0. The van der Waals surface area contributed by atoms with Crippen LogP contribution in [0.15, 0.2) is 46.7 Å². The van der Waals surface area contributed by atoms with Crippen LogP contribution in [0.5, 0.6) is 11.5 Å². The van der Waals surface area contributed by atoms with Gasteiger partial charge in [0, 0.05) is 44.6 Å². The van der Waals surface area contributed by atoms with Crippen molar-refractivity contribution in [3.05, 3.63) is 36.7 Å². The number of nitrogens with zero attached hydrogens (tertiary/aromatic N) is 6. The molecular formula is C19H20N6O5S2. The van der Waals surface area contributed by atoms with E-state index < -0.39 is 10.0 Å². The quantitative estimate of drug-likeness (QED) is 0.486. The second kappa shape index (κ2) is 8.56. The summed E-state index contributed by atoms with van der Waals surface area (Å²) in [4.78, 5) is 22.8. The van der Waals surface area contributed by atoms with Crippen LogP contribution in [0.1, 0.15) is 0 Å². The molecule has 0 unspecified atom stereocenters. The number of fused-ring (bicyclic) bond motifs is 2. The van der Waals surface area contributed by atoms with Crippen LogP contribution in [0.3, 0.4) is 0 Å². The van der Waals surface area contributed by atoms with Crippen LogP contribution in [-0.2, 0) is 14.8 Å². The van der Waals surface area contributed by atoms with Gasteiger partial charge in [0.15, 0.2) is 11.5 Å². The lowest BCUT2D eigenvalue weighted by molar-refractivity contribution is -0.129. The summed E-state index contributed by atoms with van der Waals surface area (Å²) in [5.74, 6) is 1.53. The summed E-state index contributed by atoms with van der Waals surface area (Å²) in [5, 5.41) is 4.74. The van der Waals surface area contributed by atoms with Crippen molar-refractivity contribution in [1.29, 1.82) is 0 Å². The van der Waals surface area contributed by atoms with Gasteiger partial charge in [0.25, 0.3) is 5.78 Å². The number of hydrogen-bond acceptors (Lipinski definition) is 9. The summed E-state index contributed by atoms with van der Waals surface area (Å²) in [5.41, 5.74) is 0. The average molecular weight is 477 g/mol. The van der Waals surface area contributed by atoms with Gasteiger partial charge in [0.05, 0.1) is 10.6 Å². The van der Waals surface area contributed by atoms with Gasteiger partial charge in [-0.25, -0.2) is 17.9 Å². The molecule has 0 radical (unpaired) electrons. The minimum absolute atomic E-state index is 0.0850. The summed E-state index contributed by atoms with van der Waals surface area (Å²) in [6.45, 7) is 1.92. The normalized spacial score (nSPS) is 16.9. The summed E-state index contributed by atoms with van der Waals surface area (Å²) in [7, 11) is -3.69. The number of carbonyl (C=O) groups is 1. The molecule has 2 aliphatic rings. The Labute approximate surface area is 188 Å². The van der Waals surface area contributed by atoms with E-state index in [0.717, 1.165) is 0 Å². The van der Waals surface area contributed by atoms with Crippen LogP contribution >= 0.6 is 11.8 Å². The maximum absolute atomic E-state index is 13.0. The van der Waals surface area contributed by atoms with E-state index in [1.54, 1.807) is 33.9 Å². The average Bonchev–Trinajstić information content (AvgIpc) is 3.25. The van der Waals surface area contributed by atoms with E-state index in [1.165, 1.54) is 28.2 Å². The van der Waals surface area contributed by atoms with Crippen LogP contribution in [0.25, 0.3) is 5.78 Å². The molecule has 0 bridgehead atoms. The Balaban J connectivity index is 1.18. The maximum atomic E-state index is 13.0. The fourth-order valence-corrected chi connectivity index (χ4v) is 5.67. The van der Waals surface area contributed by atoms with E-state index in [2.05, 4.69) is 15.1 Å². The molecule has 168 valence electrons. The molecule has 11 nitrogen and oxygen atoms in total. The number of sulfonamides is 1. The highest BCUT2D eigenvalue weighted by Crippen LogP contribution is 2.33. The first kappa shape index (κ1) is 21.0. The van der Waals surface area contributed by atoms with Gasteiger partial charge in [0.2, 0.25) is 21.1 Å². The van der Waals surface area contributed by atoms with Gasteiger partial charge in [-0.05, 0) is 18.2 Å². The second-order valence-corrected chi connectivity index (χ2v) is 10.0. The first-order valence-electron chi connectivity index (χ1n) is 9.98. The molecule has 1 amide bonds. The fourth-order valence-electron chi connectivity index (χ4n) is 3.50. The Morgan fingerprint density at radius 1 is 1.09 bits per heavy atom. The number of rotatable bonds is 5. The number of carbonyl (C=O) groups excluding carboxylic acids is 1. The highest BCUT2D eigenvalue weighted by atomic mass is 32.2. The van der Waals surface area contributed by atoms with Crippen LogP contribution in [0.2, 0.25) is 0 Å². The molecule has 4 heterocycles. The van der Waals surface area contributed by atoms with Crippen molar-refractivity contribution in [2.24, 2.45) is 0 Å². The highest BCUT2D eigenvalue weighted by molar-refractivity contribution is 7.99. The summed E-state index contributed by atoms with van der Waals surface area (Å²) >= 11 is 1.23. The lowest BCUT2D eigenvalue weighted by atomic mass is 10.3. The van der Waals surface area contributed by atoms with Crippen molar-refractivity contribution in [3.63, 3.8) is 0 Å². The molecule has 2 aromatic heterocycles. The van der Waals surface area contributed by atoms with Crippen molar-refractivity contribution in [2.75, 3.05) is 45.1 Å². The first-order valence-corrected chi connectivity index (χ1v) is 12.4. The molecule has 5 rings (SSSR count). The monoisotopic (exact) mass is 476 g/mol. The number of thioether (sulfide) groups is 1. The van der Waals surface area contributed by atoms with Gasteiger partial charge in [0.1, 0.15) is 13.2 Å². The van der Waals surface area contributed by atoms with E-state index in [1.807, 2.05) is 0 Å². The molecule has 2 aliphatic heterocycles. The lowest BCUT2D eigenvalue weighted by Crippen LogP contribution is -2.51.